The lowest BCUT2D eigenvalue weighted by Gasteiger charge is -2.36. The molecule has 3 heterocycles. The molecule has 1 atom stereocenters. The molecule has 1 saturated heterocycles. The van der Waals surface area contributed by atoms with E-state index in [0.717, 1.165) is 54.0 Å². The number of β-amino-alcohol motifs (C(OH)–C–C–N with tert-alkyl or cyclic N) is 1. The molecular formula is C29H31N3O6. The van der Waals surface area contributed by atoms with Gasteiger partial charge in [-0.2, -0.15) is 0 Å². The number of aliphatic hydroxyl groups excluding tert-OH is 1. The average Bonchev–Trinajstić information content (AvgIpc) is 3.40. The van der Waals surface area contributed by atoms with Crippen LogP contribution in [0, 0.1) is 0 Å². The van der Waals surface area contributed by atoms with E-state index in [1.807, 2.05) is 42.5 Å². The van der Waals surface area contributed by atoms with Crippen molar-refractivity contribution >= 4 is 22.6 Å². The number of carbonyl (C=O) groups is 2. The molecule has 198 valence electrons. The first-order chi connectivity index (χ1) is 18.6. The highest BCUT2D eigenvalue weighted by Crippen LogP contribution is 2.33. The summed E-state index contributed by atoms with van der Waals surface area (Å²) in [4.78, 5) is 32.1. The minimum Gasteiger partial charge on any atom is -0.454 e. The summed E-state index contributed by atoms with van der Waals surface area (Å²) in [6, 6.07) is 16.9. The second kappa shape index (κ2) is 10.7. The summed E-state index contributed by atoms with van der Waals surface area (Å²) in [5.74, 6) is 1.02. The van der Waals surface area contributed by atoms with Gasteiger partial charge in [-0.25, -0.2) is 0 Å². The van der Waals surface area contributed by atoms with Gasteiger partial charge in [-0.05, 0) is 35.2 Å². The van der Waals surface area contributed by atoms with Crippen molar-refractivity contribution in [2.45, 2.75) is 12.7 Å². The molecular weight excluding hydrogens is 486 g/mol. The first kappa shape index (κ1) is 24.8. The number of benzene rings is 3. The zero-order chi connectivity index (χ0) is 26.1. The van der Waals surface area contributed by atoms with Gasteiger partial charge < -0.3 is 19.3 Å². The van der Waals surface area contributed by atoms with Crippen LogP contribution in [0.15, 0.2) is 54.6 Å². The Morgan fingerprint density at radius 3 is 2.26 bits per heavy atom. The zero-order valence-electron chi connectivity index (χ0n) is 21.2. The number of ether oxygens (including phenoxy) is 3. The Balaban J connectivity index is 0.941. The van der Waals surface area contributed by atoms with Gasteiger partial charge in [-0.1, -0.05) is 30.3 Å². The highest BCUT2D eigenvalue weighted by molar-refractivity contribution is 6.25. The molecule has 9 nitrogen and oxygen atoms in total. The van der Waals surface area contributed by atoms with Crippen molar-refractivity contribution < 1.29 is 28.9 Å². The number of imide groups is 1. The van der Waals surface area contributed by atoms with E-state index in [9.17, 15) is 14.7 Å². The second-order valence-corrected chi connectivity index (χ2v) is 9.97. The molecule has 0 unspecified atom stereocenters. The largest absolute Gasteiger partial charge is 0.454 e. The quantitative estimate of drug-likeness (QED) is 0.433. The molecule has 0 radical (unpaired) electrons. The summed E-state index contributed by atoms with van der Waals surface area (Å²) in [5, 5.41) is 12.1. The normalized spacial score (nSPS) is 18.4. The Morgan fingerprint density at radius 2 is 1.53 bits per heavy atom. The summed E-state index contributed by atoms with van der Waals surface area (Å²) < 4.78 is 16.4. The van der Waals surface area contributed by atoms with Crippen molar-refractivity contribution in [3.8, 4) is 11.5 Å². The summed E-state index contributed by atoms with van der Waals surface area (Å²) in [7, 11) is 0. The Hall–Kier alpha value is -3.50. The predicted octanol–water partition coefficient (Wildman–Crippen LogP) is 2.36. The summed E-state index contributed by atoms with van der Waals surface area (Å²) in [5.41, 5.74) is 2.16. The first-order valence-corrected chi connectivity index (χ1v) is 13.0. The van der Waals surface area contributed by atoms with Crippen molar-refractivity contribution in [2.75, 3.05) is 59.2 Å². The maximum absolute atomic E-state index is 13.1. The molecule has 38 heavy (non-hydrogen) atoms. The van der Waals surface area contributed by atoms with Gasteiger partial charge in [0, 0.05) is 62.3 Å². The van der Waals surface area contributed by atoms with Gasteiger partial charge in [-0.3, -0.25) is 24.3 Å². The maximum Gasteiger partial charge on any atom is 0.261 e. The average molecular weight is 518 g/mol. The zero-order valence-corrected chi connectivity index (χ0v) is 21.2. The monoisotopic (exact) mass is 517 g/mol. The number of hydrogen-bond donors (Lipinski definition) is 1. The molecule has 3 aliphatic rings. The molecule has 3 aromatic rings. The Bertz CT molecular complexity index is 1300. The molecule has 0 bridgehead atoms. The van der Waals surface area contributed by atoms with Crippen molar-refractivity contribution in [3.05, 3.63) is 71.3 Å². The molecule has 9 heteroatoms. The third-order valence-electron chi connectivity index (χ3n) is 7.45. The highest BCUT2D eigenvalue weighted by Gasteiger charge is 2.33. The molecule has 0 spiro atoms. The van der Waals surface area contributed by atoms with Crippen LogP contribution in [0.5, 0.6) is 11.5 Å². The summed E-state index contributed by atoms with van der Waals surface area (Å²) in [6.45, 7) is 5.66. The molecule has 3 aliphatic heterocycles. The molecule has 0 aromatic heterocycles. The summed E-state index contributed by atoms with van der Waals surface area (Å²) >= 11 is 0. The topological polar surface area (TPSA) is 91.8 Å². The van der Waals surface area contributed by atoms with E-state index in [-0.39, 0.29) is 25.2 Å². The van der Waals surface area contributed by atoms with E-state index in [4.69, 9.17) is 14.2 Å². The van der Waals surface area contributed by atoms with E-state index in [1.54, 1.807) is 12.1 Å². The number of aliphatic hydroxyl groups is 1. The molecule has 3 aromatic carbocycles. The van der Waals surface area contributed by atoms with Crippen LogP contribution in [0.25, 0.3) is 10.8 Å². The fourth-order valence-electron chi connectivity index (χ4n) is 5.41. The Kier molecular flexibility index (Phi) is 6.99. The van der Waals surface area contributed by atoms with Crippen LogP contribution in [0.3, 0.4) is 0 Å². The number of rotatable bonds is 9. The van der Waals surface area contributed by atoms with Gasteiger partial charge >= 0.3 is 0 Å². The van der Waals surface area contributed by atoms with Crippen molar-refractivity contribution in [1.29, 1.82) is 0 Å². The Morgan fingerprint density at radius 1 is 0.842 bits per heavy atom. The molecule has 1 N–H and O–H groups in total. The minimum atomic E-state index is -0.582. The summed E-state index contributed by atoms with van der Waals surface area (Å²) in [6.07, 6.45) is -0.582. The maximum atomic E-state index is 13.1. The van der Waals surface area contributed by atoms with Gasteiger partial charge in [0.05, 0.1) is 19.3 Å². The lowest BCUT2D eigenvalue weighted by molar-refractivity contribution is 0.000939. The van der Waals surface area contributed by atoms with Crippen molar-refractivity contribution in [1.82, 2.24) is 14.7 Å². The van der Waals surface area contributed by atoms with Crippen LogP contribution in [-0.2, 0) is 11.3 Å². The number of nitrogens with zero attached hydrogens (tertiary/aromatic N) is 3. The smallest absolute Gasteiger partial charge is 0.261 e. The van der Waals surface area contributed by atoms with Crippen LogP contribution in [0.1, 0.15) is 26.3 Å². The van der Waals surface area contributed by atoms with Gasteiger partial charge in [0.25, 0.3) is 11.8 Å². The minimum absolute atomic E-state index is 0.221. The van der Waals surface area contributed by atoms with E-state index < -0.39 is 6.10 Å². The number of hydrogen-bond acceptors (Lipinski definition) is 8. The predicted molar refractivity (Wildman–Crippen MR) is 140 cm³/mol. The first-order valence-electron chi connectivity index (χ1n) is 13.0. The van der Waals surface area contributed by atoms with Crippen LogP contribution in [0.4, 0.5) is 0 Å². The number of carbonyl (C=O) groups excluding carboxylic acids is 2. The van der Waals surface area contributed by atoms with E-state index >= 15 is 0 Å². The van der Waals surface area contributed by atoms with Crippen LogP contribution < -0.4 is 9.47 Å². The van der Waals surface area contributed by atoms with E-state index in [1.165, 1.54) is 4.90 Å². The van der Waals surface area contributed by atoms with Crippen LogP contribution in [0.2, 0.25) is 0 Å². The van der Waals surface area contributed by atoms with E-state index in [2.05, 4.69) is 9.80 Å². The van der Waals surface area contributed by atoms with Gasteiger partial charge in [0.1, 0.15) is 0 Å². The molecule has 6 rings (SSSR count). The van der Waals surface area contributed by atoms with Crippen LogP contribution in [-0.4, -0.2) is 96.9 Å². The van der Waals surface area contributed by atoms with Crippen molar-refractivity contribution in [2.24, 2.45) is 0 Å². The third kappa shape index (κ3) is 4.98. The number of amides is 2. The van der Waals surface area contributed by atoms with E-state index in [0.29, 0.717) is 37.4 Å². The molecule has 1 fully saturated rings. The number of fused-ring (bicyclic) bond motifs is 1. The SMILES string of the molecule is O=C1c2cccc3cccc(c23)C(=O)N1CCN1CCN(C[C@H](O)COCc2ccc3c(c2)OCO3)CC1. The standard InChI is InChI=1S/C29H31N3O6/c33-22(18-36-17-20-7-8-25-26(15-20)38-19-37-25)16-31-11-9-30(10-12-31)13-14-32-28(34)23-5-1-3-21-4-2-6-24(27(21)23)29(32)35/h1-8,15,22,33H,9-14,16-19H2/t22-/m0/s1. The molecule has 0 saturated carbocycles. The third-order valence-corrected chi connectivity index (χ3v) is 7.45. The van der Waals surface area contributed by atoms with Crippen LogP contribution >= 0.6 is 0 Å². The number of piperazine rings is 1. The highest BCUT2D eigenvalue weighted by atomic mass is 16.7. The molecule has 0 aliphatic carbocycles. The fourth-order valence-corrected chi connectivity index (χ4v) is 5.41. The van der Waals surface area contributed by atoms with Gasteiger partial charge in [0.2, 0.25) is 6.79 Å². The second-order valence-electron chi connectivity index (χ2n) is 9.97. The lowest BCUT2D eigenvalue weighted by atomic mass is 9.94. The fraction of sp³-hybridized carbons (Fsp3) is 0.379. The molecule has 2 amide bonds. The van der Waals surface area contributed by atoms with Crippen molar-refractivity contribution in [3.63, 3.8) is 0 Å². The Labute approximate surface area is 221 Å². The lowest BCUT2D eigenvalue weighted by Crippen LogP contribution is -2.51. The van der Waals surface area contributed by atoms with Gasteiger partial charge in [-0.15, -0.1) is 0 Å². The van der Waals surface area contributed by atoms with Gasteiger partial charge in [0.15, 0.2) is 11.5 Å².